The lowest BCUT2D eigenvalue weighted by Gasteiger charge is -2.33. The van der Waals surface area contributed by atoms with Crippen molar-refractivity contribution in [2.75, 3.05) is 26.2 Å². The third-order valence-corrected chi connectivity index (χ3v) is 5.56. The first-order valence-corrected chi connectivity index (χ1v) is 9.29. The number of amides is 2. The third-order valence-electron chi connectivity index (χ3n) is 5.56. The molecule has 0 spiro atoms. The van der Waals surface area contributed by atoms with Gasteiger partial charge >= 0.3 is 0 Å². The van der Waals surface area contributed by atoms with Crippen molar-refractivity contribution in [3.63, 3.8) is 0 Å². The predicted octanol–water partition coefficient (Wildman–Crippen LogP) is 2.95. The fraction of sp³-hybridized carbons (Fsp3) is 0.500. The number of nitrogens with one attached hydrogen (secondary N) is 1. The molecule has 2 aromatic rings. The molecule has 5 nitrogen and oxygen atoms in total. The van der Waals surface area contributed by atoms with Crippen LogP contribution in [0.15, 0.2) is 24.3 Å². The van der Waals surface area contributed by atoms with E-state index in [0.29, 0.717) is 24.7 Å². The Balaban J connectivity index is 1.41. The Labute approximate surface area is 148 Å². The predicted molar refractivity (Wildman–Crippen MR) is 97.5 cm³/mol. The van der Waals surface area contributed by atoms with Crippen molar-refractivity contribution < 1.29 is 9.59 Å². The maximum Gasteiger partial charge on any atom is 0.270 e. The maximum absolute atomic E-state index is 12.8. The van der Waals surface area contributed by atoms with Gasteiger partial charge in [-0.2, -0.15) is 0 Å². The van der Waals surface area contributed by atoms with Gasteiger partial charge in [-0.25, -0.2) is 0 Å². The minimum absolute atomic E-state index is 0.0425. The van der Waals surface area contributed by atoms with Gasteiger partial charge in [0.1, 0.15) is 5.69 Å². The summed E-state index contributed by atoms with van der Waals surface area (Å²) in [5.41, 5.74) is 2.82. The van der Waals surface area contributed by atoms with Crippen LogP contribution in [0.25, 0.3) is 10.9 Å². The number of nitrogens with zero attached hydrogens (tertiary/aromatic N) is 2. The van der Waals surface area contributed by atoms with E-state index in [4.69, 9.17) is 0 Å². The number of carbonyl (C=O) groups excluding carboxylic acids is 2. The van der Waals surface area contributed by atoms with E-state index in [1.165, 1.54) is 5.56 Å². The molecule has 5 heteroatoms. The molecule has 0 atom stereocenters. The van der Waals surface area contributed by atoms with Crippen LogP contribution >= 0.6 is 0 Å². The fourth-order valence-electron chi connectivity index (χ4n) is 4.05. The van der Waals surface area contributed by atoms with E-state index in [2.05, 4.69) is 17.1 Å². The second-order valence-corrected chi connectivity index (χ2v) is 7.37. The number of likely N-dealkylation sites (tertiary alicyclic amines) is 2. The quantitative estimate of drug-likeness (QED) is 0.914. The topological polar surface area (TPSA) is 56.4 Å². The average molecular weight is 339 g/mol. The van der Waals surface area contributed by atoms with Gasteiger partial charge in [0.15, 0.2) is 0 Å². The number of aromatic amines is 1. The van der Waals surface area contributed by atoms with E-state index in [-0.39, 0.29) is 11.8 Å². The van der Waals surface area contributed by atoms with Gasteiger partial charge in [0.2, 0.25) is 5.91 Å². The van der Waals surface area contributed by atoms with Crippen molar-refractivity contribution in [2.24, 2.45) is 5.92 Å². The Bertz CT molecular complexity index is 796. The van der Waals surface area contributed by atoms with Gasteiger partial charge in [0, 0.05) is 43.0 Å². The summed E-state index contributed by atoms with van der Waals surface area (Å²) in [6, 6.07) is 8.09. The summed E-state index contributed by atoms with van der Waals surface area (Å²) in [7, 11) is 0. The van der Waals surface area contributed by atoms with Crippen LogP contribution in [0.5, 0.6) is 0 Å². The molecule has 1 aromatic heterocycles. The van der Waals surface area contributed by atoms with Crippen molar-refractivity contribution >= 4 is 22.7 Å². The molecule has 0 unspecified atom stereocenters. The second kappa shape index (κ2) is 6.54. The maximum atomic E-state index is 12.8. The van der Waals surface area contributed by atoms with Crippen LogP contribution < -0.4 is 0 Å². The normalized spacial score (nSPS) is 18.9. The largest absolute Gasteiger partial charge is 0.351 e. The van der Waals surface area contributed by atoms with Crippen LogP contribution in [0.1, 0.15) is 41.7 Å². The smallest absolute Gasteiger partial charge is 0.270 e. The number of carbonyl (C=O) groups is 2. The van der Waals surface area contributed by atoms with Gasteiger partial charge in [-0.1, -0.05) is 12.1 Å². The summed E-state index contributed by atoms with van der Waals surface area (Å²) in [6.07, 6.45) is 3.81. The Morgan fingerprint density at radius 2 is 1.72 bits per heavy atom. The number of hydrogen-bond donors (Lipinski definition) is 1. The number of benzene rings is 1. The zero-order valence-electron chi connectivity index (χ0n) is 14.8. The number of fused-ring (bicyclic) bond motifs is 1. The number of aryl methyl sites for hydroxylation is 1. The SMILES string of the molecule is Cc1ccc2cc(C(=O)N3CCC(C(=O)N4CCCC4)CC3)[nH]c2c1. The van der Waals surface area contributed by atoms with Crippen molar-refractivity contribution in [1.29, 1.82) is 0 Å². The molecule has 0 radical (unpaired) electrons. The highest BCUT2D eigenvalue weighted by molar-refractivity contribution is 5.98. The number of piperidine rings is 1. The van der Waals surface area contributed by atoms with E-state index < -0.39 is 0 Å². The minimum atomic E-state index is 0.0425. The second-order valence-electron chi connectivity index (χ2n) is 7.37. The lowest BCUT2D eigenvalue weighted by molar-refractivity contribution is -0.135. The Morgan fingerprint density at radius 3 is 2.44 bits per heavy atom. The fourth-order valence-corrected chi connectivity index (χ4v) is 4.05. The molecule has 2 fully saturated rings. The van der Waals surface area contributed by atoms with Crippen LogP contribution in [0, 0.1) is 12.8 Å². The number of rotatable bonds is 2. The highest BCUT2D eigenvalue weighted by Gasteiger charge is 2.31. The highest BCUT2D eigenvalue weighted by Crippen LogP contribution is 2.24. The van der Waals surface area contributed by atoms with Crippen LogP contribution in [0.2, 0.25) is 0 Å². The molecule has 3 heterocycles. The summed E-state index contributed by atoms with van der Waals surface area (Å²) in [6.45, 7) is 5.19. The van der Waals surface area contributed by atoms with Gasteiger partial charge < -0.3 is 14.8 Å². The van der Waals surface area contributed by atoms with E-state index in [1.807, 2.05) is 28.9 Å². The monoisotopic (exact) mass is 339 g/mol. The highest BCUT2D eigenvalue weighted by atomic mass is 16.2. The minimum Gasteiger partial charge on any atom is -0.351 e. The molecule has 0 aliphatic carbocycles. The molecule has 1 aromatic carbocycles. The van der Waals surface area contributed by atoms with E-state index in [0.717, 1.165) is 49.7 Å². The Morgan fingerprint density at radius 1 is 1.00 bits per heavy atom. The Kier molecular flexibility index (Phi) is 4.24. The first-order valence-electron chi connectivity index (χ1n) is 9.29. The summed E-state index contributed by atoms with van der Waals surface area (Å²) < 4.78 is 0. The molecule has 0 saturated carbocycles. The van der Waals surface area contributed by atoms with E-state index >= 15 is 0 Å². The molecule has 2 amide bonds. The molecule has 2 aliphatic rings. The van der Waals surface area contributed by atoms with Gasteiger partial charge in [0.05, 0.1) is 0 Å². The summed E-state index contributed by atoms with van der Waals surface area (Å²) in [4.78, 5) is 32.4. The third kappa shape index (κ3) is 3.15. The lowest BCUT2D eigenvalue weighted by atomic mass is 9.95. The molecule has 2 aliphatic heterocycles. The Hall–Kier alpha value is -2.30. The van der Waals surface area contributed by atoms with E-state index in [9.17, 15) is 9.59 Å². The number of H-pyrrole nitrogens is 1. The van der Waals surface area contributed by atoms with Crippen molar-refractivity contribution in [2.45, 2.75) is 32.6 Å². The number of aromatic nitrogens is 1. The molecule has 2 saturated heterocycles. The zero-order chi connectivity index (χ0) is 17.4. The van der Waals surface area contributed by atoms with Crippen LogP contribution in [-0.2, 0) is 4.79 Å². The number of hydrogen-bond acceptors (Lipinski definition) is 2. The molecule has 25 heavy (non-hydrogen) atoms. The van der Waals surface area contributed by atoms with Crippen LogP contribution in [-0.4, -0.2) is 52.8 Å². The zero-order valence-corrected chi connectivity index (χ0v) is 14.8. The van der Waals surface area contributed by atoms with Crippen LogP contribution in [0.3, 0.4) is 0 Å². The molecule has 132 valence electrons. The van der Waals surface area contributed by atoms with Gasteiger partial charge in [-0.3, -0.25) is 9.59 Å². The molecule has 4 rings (SSSR count). The summed E-state index contributed by atoms with van der Waals surface area (Å²) in [5.74, 6) is 0.430. The van der Waals surface area contributed by atoms with Gasteiger partial charge in [-0.15, -0.1) is 0 Å². The molecular weight excluding hydrogens is 314 g/mol. The first kappa shape index (κ1) is 16.2. The summed E-state index contributed by atoms with van der Waals surface area (Å²) in [5, 5.41) is 1.06. The molecular formula is C20H25N3O2. The summed E-state index contributed by atoms with van der Waals surface area (Å²) >= 11 is 0. The average Bonchev–Trinajstić information content (AvgIpc) is 3.30. The van der Waals surface area contributed by atoms with Gasteiger partial charge in [0.25, 0.3) is 5.91 Å². The standard InChI is InChI=1S/C20H25N3O2/c1-14-4-5-16-13-18(21-17(16)12-14)20(25)23-10-6-15(7-11-23)19(24)22-8-2-3-9-22/h4-5,12-13,15,21H,2-3,6-11H2,1H3. The van der Waals surface area contributed by atoms with Gasteiger partial charge in [-0.05, 0) is 50.3 Å². The first-order chi connectivity index (χ1) is 12.1. The molecule has 0 bridgehead atoms. The van der Waals surface area contributed by atoms with Crippen molar-refractivity contribution in [3.8, 4) is 0 Å². The van der Waals surface area contributed by atoms with Crippen molar-refractivity contribution in [1.82, 2.24) is 14.8 Å². The van der Waals surface area contributed by atoms with Crippen LogP contribution in [0.4, 0.5) is 0 Å². The van der Waals surface area contributed by atoms with E-state index in [1.54, 1.807) is 0 Å². The lowest BCUT2D eigenvalue weighted by Crippen LogP contribution is -2.43. The van der Waals surface area contributed by atoms with Crippen molar-refractivity contribution in [3.05, 3.63) is 35.5 Å². The molecule has 1 N–H and O–H groups in total.